The second-order valence-electron chi connectivity index (χ2n) is 7.00. The molecule has 0 aromatic carbocycles. The van der Waals surface area contributed by atoms with Gasteiger partial charge in [0, 0.05) is 45.8 Å². The predicted octanol–water partition coefficient (Wildman–Crippen LogP) is 1.56. The molecule has 0 saturated carbocycles. The molecule has 1 saturated heterocycles. The molecule has 8 heteroatoms. The summed E-state index contributed by atoms with van der Waals surface area (Å²) in [5.74, 6) is -0.255. The summed E-state index contributed by atoms with van der Waals surface area (Å²) in [6.45, 7) is 6.18. The van der Waals surface area contributed by atoms with Crippen molar-refractivity contribution in [3.05, 3.63) is 35.9 Å². The Kier molecular flexibility index (Phi) is 6.28. The maximum Gasteiger partial charge on any atom is 0.287 e. The Morgan fingerprint density at radius 3 is 2.46 bits per heavy atom. The zero-order valence-corrected chi connectivity index (χ0v) is 16.5. The highest BCUT2D eigenvalue weighted by Crippen LogP contribution is 2.17. The number of fused-ring (bicyclic) bond motifs is 1. The molecule has 0 bridgehead atoms. The number of amides is 3. The molecule has 3 heterocycles. The maximum atomic E-state index is 13.0. The number of nitrogens with zero attached hydrogens (tertiary/aromatic N) is 4. The number of rotatable bonds is 6. The summed E-state index contributed by atoms with van der Waals surface area (Å²) >= 11 is 0. The average Bonchev–Trinajstić information content (AvgIpc) is 3.10. The van der Waals surface area contributed by atoms with Gasteiger partial charge in [0.15, 0.2) is 5.69 Å². The molecule has 0 atom stereocenters. The molecular formula is C20H27N5O3. The van der Waals surface area contributed by atoms with Crippen LogP contribution < -0.4 is 5.32 Å². The van der Waals surface area contributed by atoms with Gasteiger partial charge in [0.1, 0.15) is 0 Å². The number of piperazine rings is 1. The summed E-state index contributed by atoms with van der Waals surface area (Å²) in [5.41, 5.74) is 0.885. The van der Waals surface area contributed by atoms with Gasteiger partial charge < -0.3 is 15.1 Å². The largest absolute Gasteiger partial charge is 0.349 e. The van der Waals surface area contributed by atoms with Gasteiger partial charge in [-0.25, -0.2) is 4.98 Å². The smallest absolute Gasteiger partial charge is 0.287 e. The molecule has 28 heavy (non-hydrogen) atoms. The van der Waals surface area contributed by atoms with E-state index in [0.717, 1.165) is 19.3 Å². The zero-order valence-electron chi connectivity index (χ0n) is 16.5. The highest BCUT2D eigenvalue weighted by Gasteiger charge is 2.28. The average molecular weight is 385 g/mol. The molecule has 1 aliphatic heterocycles. The lowest BCUT2D eigenvalue weighted by Gasteiger charge is -2.33. The predicted molar refractivity (Wildman–Crippen MR) is 105 cm³/mol. The molecule has 0 spiro atoms. The number of carbonyl (C=O) groups excluding carboxylic acids is 3. The van der Waals surface area contributed by atoms with Crippen LogP contribution in [0.4, 0.5) is 0 Å². The standard InChI is InChI=1S/C20H27N5O3/c1-3-4-6-9-21-19(27)18-22-17(16-8-5-7-10-25(16)18)20(28)24-13-11-23(12-14-24)15(2)26/h5,7-8,10H,3-4,6,9,11-14H2,1-2H3,(H,21,27). The summed E-state index contributed by atoms with van der Waals surface area (Å²) in [6, 6.07) is 5.42. The molecular weight excluding hydrogens is 358 g/mol. The van der Waals surface area contributed by atoms with Crippen molar-refractivity contribution in [3.8, 4) is 0 Å². The fourth-order valence-corrected chi connectivity index (χ4v) is 3.39. The number of hydrogen-bond acceptors (Lipinski definition) is 4. The number of nitrogens with one attached hydrogen (secondary N) is 1. The van der Waals surface area contributed by atoms with E-state index in [1.807, 2.05) is 12.1 Å². The highest BCUT2D eigenvalue weighted by atomic mass is 16.2. The fourth-order valence-electron chi connectivity index (χ4n) is 3.39. The first-order valence-corrected chi connectivity index (χ1v) is 9.83. The van der Waals surface area contributed by atoms with Crippen molar-refractivity contribution < 1.29 is 14.4 Å². The van der Waals surface area contributed by atoms with Crippen molar-refractivity contribution >= 4 is 23.2 Å². The molecule has 3 amide bonds. The number of pyridine rings is 1. The number of carbonyl (C=O) groups is 3. The molecule has 1 fully saturated rings. The molecule has 2 aromatic rings. The van der Waals surface area contributed by atoms with Crippen LogP contribution >= 0.6 is 0 Å². The van der Waals surface area contributed by atoms with E-state index in [2.05, 4.69) is 17.2 Å². The summed E-state index contributed by atoms with van der Waals surface area (Å²) in [5, 5.41) is 2.88. The minimum absolute atomic E-state index is 0.0153. The van der Waals surface area contributed by atoms with Crippen LogP contribution in [0.1, 0.15) is 54.2 Å². The van der Waals surface area contributed by atoms with Crippen molar-refractivity contribution in [2.24, 2.45) is 0 Å². The molecule has 0 aliphatic carbocycles. The van der Waals surface area contributed by atoms with Crippen LogP contribution in [0.25, 0.3) is 5.52 Å². The van der Waals surface area contributed by atoms with E-state index in [1.54, 1.807) is 26.5 Å². The minimum atomic E-state index is -0.280. The van der Waals surface area contributed by atoms with Gasteiger partial charge in [0.05, 0.1) is 5.52 Å². The van der Waals surface area contributed by atoms with Gasteiger partial charge in [0.25, 0.3) is 11.8 Å². The Morgan fingerprint density at radius 1 is 1.07 bits per heavy atom. The first kappa shape index (κ1) is 19.9. The van der Waals surface area contributed by atoms with Gasteiger partial charge in [-0.1, -0.05) is 25.8 Å². The van der Waals surface area contributed by atoms with Crippen LogP contribution in [0.3, 0.4) is 0 Å². The molecule has 1 N–H and O–H groups in total. The molecule has 8 nitrogen and oxygen atoms in total. The van der Waals surface area contributed by atoms with Crippen molar-refractivity contribution in [2.75, 3.05) is 32.7 Å². The molecule has 150 valence electrons. The third-order valence-electron chi connectivity index (χ3n) is 5.03. The normalized spacial score (nSPS) is 14.4. The zero-order chi connectivity index (χ0) is 20.1. The van der Waals surface area contributed by atoms with Crippen molar-refractivity contribution in [2.45, 2.75) is 33.1 Å². The number of unbranched alkanes of at least 4 members (excludes halogenated alkanes) is 2. The quantitative estimate of drug-likeness (QED) is 0.765. The second-order valence-corrected chi connectivity index (χ2v) is 7.00. The summed E-state index contributed by atoms with van der Waals surface area (Å²) in [6.07, 6.45) is 4.79. The first-order valence-electron chi connectivity index (χ1n) is 9.83. The van der Waals surface area contributed by atoms with Crippen molar-refractivity contribution in [1.29, 1.82) is 0 Å². The fraction of sp³-hybridized carbons (Fsp3) is 0.500. The van der Waals surface area contributed by atoms with E-state index in [9.17, 15) is 14.4 Å². The van der Waals surface area contributed by atoms with E-state index < -0.39 is 0 Å². The Morgan fingerprint density at radius 2 is 1.79 bits per heavy atom. The number of hydrogen-bond donors (Lipinski definition) is 1. The third-order valence-corrected chi connectivity index (χ3v) is 5.03. The summed E-state index contributed by atoms with van der Waals surface area (Å²) < 4.78 is 1.66. The maximum absolute atomic E-state index is 13.0. The van der Waals surface area contributed by atoms with Crippen LogP contribution in [0.5, 0.6) is 0 Å². The second kappa shape index (κ2) is 8.86. The summed E-state index contributed by atoms with van der Waals surface area (Å²) in [7, 11) is 0. The Balaban J connectivity index is 1.79. The van der Waals surface area contributed by atoms with E-state index >= 15 is 0 Å². The van der Waals surface area contributed by atoms with Crippen LogP contribution in [-0.4, -0.2) is 69.6 Å². The lowest BCUT2D eigenvalue weighted by Crippen LogP contribution is -2.50. The molecule has 1 aliphatic rings. The first-order chi connectivity index (χ1) is 13.5. The van der Waals surface area contributed by atoms with Gasteiger partial charge >= 0.3 is 0 Å². The molecule has 3 rings (SSSR count). The highest BCUT2D eigenvalue weighted by molar-refractivity contribution is 6.02. The van der Waals surface area contributed by atoms with Gasteiger partial charge in [-0.05, 0) is 18.6 Å². The van der Waals surface area contributed by atoms with E-state index in [1.165, 1.54) is 6.92 Å². The molecule has 0 radical (unpaired) electrons. The van der Waals surface area contributed by atoms with Gasteiger partial charge in [-0.15, -0.1) is 0 Å². The van der Waals surface area contributed by atoms with Gasteiger partial charge in [-0.3, -0.25) is 18.8 Å². The summed E-state index contributed by atoms with van der Waals surface area (Å²) in [4.78, 5) is 44.9. The van der Waals surface area contributed by atoms with Crippen LogP contribution in [0.15, 0.2) is 24.4 Å². The lowest BCUT2D eigenvalue weighted by atomic mass is 10.2. The van der Waals surface area contributed by atoms with Crippen LogP contribution in [0, 0.1) is 0 Å². The van der Waals surface area contributed by atoms with E-state index in [0.29, 0.717) is 38.2 Å². The van der Waals surface area contributed by atoms with E-state index in [4.69, 9.17) is 0 Å². The number of imidazole rings is 1. The Bertz CT molecular complexity index is 868. The topological polar surface area (TPSA) is 87.0 Å². The molecule has 2 aromatic heterocycles. The third kappa shape index (κ3) is 4.16. The van der Waals surface area contributed by atoms with E-state index in [-0.39, 0.29) is 29.2 Å². The van der Waals surface area contributed by atoms with Gasteiger partial charge in [0.2, 0.25) is 11.7 Å². The van der Waals surface area contributed by atoms with Crippen molar-refractivity contribution in [1.82, 2.24) is 24.5 Å². The Hall–Kier alpha value is -2.90. The SMILES string of the molecule is CCCCCNC(=O)c1nc(C(=O)N2CCN(C(C)=O)CC2)c2ccccn12. The van der Waals surface area contributed by atoms with Crippen LogP contribution in [0.2, 0.25) is 0 Å². The minimum Gasteiger partial charge on any atom is -0.349 e. The van der Waals surface area contributed by atoms with Gasteiger partial charge in [-0.2, -0.15) is 0 Å². The van der Waals surface area contributed by atoms with Crippen molar-refractivity contribution in [3.63, 3.8) is 0 Å². The monoisotopic (exact) mass is 385 g/mol. The number of aromatic nitrogens is 2. The Labute approximate surface area is 164 Å². The van der Waals surface area contributed by atoms with Crippen LogP contribution in [-0.2, 0) is 4.79 Å². The molecule has 0 unspecified atom stereocenters. The lowest BCUT2D eigenvalue weighted by molar-refractivity contribution is -0.130.